The normalized spacial score (nSPS) is 18.8. The summed E-state index contributed by atoms with van der Waals surface area (Å²) in [6, 6.07) is 4.16. The van der Waals surface area contributed by atoms with E-state index in [0.717, 1.165) is 26.2 Å². The Morgan fingerprint density at radius 3 is 2.85 bits per heavy atom. The van der Waals surface area contributed by atoms with E-state index in [1.54, 1.807) is 11.3 Å². The average Bonchev–Trinajstić information content (AvgIpc) is 3.13. The van der Waals surface area contributed by atoms with Gasteiger partial charge in [0.2, 0.25) is 0 Å². The zero-order valence-electron chi connectivity index (χ0n) is 11.4. The monoisotopic (exact) mass is 289 g/mol. The van der Waals surface area contributed by atoms with Gasteiger partial charge in [0.25, 0.3) is 0 Å². The zero-order chi connectivity index (χ0) is 13.6. The fourth-order valence-electron chi connectivity index (χ4n) is 2.55. The van der Waals surface area contributed by atoms with Crippen LogP contribution in [0.4, 0.5) is 0 Å². The first kappa shape index (κ1) is 13.7. The Morgan fingerprint density at radius 2 is 2.15 bits per heavy atom. The predicted octanol–water partition coefficient (Wildman–Crippen LogP) is 2.72. The van der Waals surface area contributed by atoms with Crippen molar-refractivity contribution in [2.75, 3.05) is 13.2 Å². The van der Waals surface area contributed by atoms with Crippen LogP contribution in [-0.4, -0.2) is 34.1 Å². The molecule has 0 bridgehead atoms. The average molecular weight is 289 g/mol. The highest BCUT2D eigenvalue weighted by atomic mass is 32.1. The first-order valence-corrected chi connectivity index (χ1v) is 7.88. The van der Waals surface area contributed by atoms with Crippen molar-refractivity contribution in [1.82, 2.24) is 14.9 Å². The van der Waals surface area contributed by atoms with E-state index in [1.807, 2.05) is 24.1 Å². The molecule has 2 aromatic heterocycles. The van der Waals surface area contributed by atoms with Gasteiger partial charge in [-0.2, -0.15) is 0 Å². The fraction of sp³-hybridized carbons (Fsp3) is 0.467. The molecule has 1 saturated heterocycles. The maximum absolute atomic E-state index is 5.77. The third-order valence-electron chi connectivity index (χ3n) is 3.50. The molecule has 5 heteroatoms. The standard InChI is InChI=1S/C15H19N3OS/c1-2-14(19-7-1)10-18(11-15-8-17-12-20-15)9-13-3-5-16-6-4-13/h3-6,8,12,14H,1-2,7,9-11H2. The number of hydrogen-bond acceptors (Lipinski definition) is 5. The summed E-state index contributed by atoms with van der Waals surface area (Å²) in [5.41, 5.74) is 3.19. The topological polar surface area (TPSA) is 38.2 Å². The van der Waals surface area contributed by atoms with E-state index < -0.39 is 0 Å². The lowest BCUT2D eigenvalue weighted by Crippen LogP contribution is -2.31. The van der Waals surface area contributed by atoms with Crippen LogP contribution >= 0.6 is 11.3 Å². The molecule has 3 rings (SSSR count). The molecule has 0 saturated carbocycles. The third kappa shape index (κ3) is 3.85. The van der Waals surface area contributed by atoms with Crippen molar-refractivity contribution in [3.05, 3.63) is 46.7 Å². The second kappa shape index (κ2) is 6.92. The molecule has 0 spiro atoms. The lowest BCUT2D eigenvalue weighted by molar-refractivity contribution is 0.0682. The van der Waals surface area contributed by atoms with E-state index in [0.29, 0.717) is 6.10 Å². The van der Waals surface area contributed by atoms with Gasteiger partial charge in [0, 0.05) is 49.7 Å². The smallest absolute Gasteiger partial charge is 0.0794 e. The second-order valence-electron chi connectivity index (χ2n) is 5.13. The van der Waals surface area contributed by atoms with E-state index >= 15 is 0 Å². The summed E-state index contributed by atoms with van der Waals surface area (Å²) in [4.78, 5) is 12.0. The highest BCUT2D eigenvalue weighted by Crippen LogP contribution is 2.18. The molecular formula is C15H19N3OS. The summed E-state index contributed by atoms with van der Waals surface area (Å²) in [6.07, 6.45) is 8.41. The van der Waals surface area contributed by atoms with Crippen molar-refractivity contribution in [2.24, 2.45) is 0 Å². The number of thiazole rings is 1. The molecule has 1 aliphatic heterocycles. The van der Waals surface area contributed by atoms with E-state index in [9.17, 15) is 0 Å². The van der Waals surface area contributed by atoms with Crippen molar-refractivity contribution in [2.45, 2.75) is 32.0 Å². The maximum atomic E-state index is 5.77. The number of nitrogens with zero attached hydrogens (tertiary/aromatic N) is 3. The molecule has 1 fully saturated rings. The Balaban J connectivity index is 1.65. The van der Waals surface area contributed by atoms with Crippen molar-refractivity contribution in [3.8, 4) is 0 Å². The van der Waals surface area contributed by atoms with Crippen LogP contribution in [0.25, 0.3) is 0 Å². The van der Waals surface area contributed by atoms with Crippen molar-refractivity contribution >= 4 is 11.3 Å². The molecule has 0 radical (unpaired) electrons. The molecule has 3 heterocycles. The molecule has 2 aromatic rings. The molecule has 0 aromatic carbocycles. The molecule has 106 valence electrons. The minimum Gasteiger partial charge on any atom is -0.377 e. The minimum atomic E-state index is 0.379. The molecule has 0 amide bonds. The number of aromatic nitrogens is 2. The van der Waals surface area contributed by atoms with Crippen LogP contribution in [0.5, 0.6) is 0 Å². The van der Waals surface area contributed by atoms with Crippen LogP contribution in [-0.2, 0) is 17.8 Å². The molecule has 0 aliphatic carbocycles. The fourth-order valence-corrected chi connectivity index (χ4v) is 3.18. The molecule has 1 atom stereocenters. The third-order valence-corrected chi connectivity index (χ3v) is 4.27. The zero-order valence-corrected chi connectivity index (χ0v) is 12.3. The first-order chi connectivity index (χ1) is 9.90. The minimum absolute atomic E-state index is 0.379. The quantitative estimate of drug-likeness (QED) is 0.819. The van der Waals surface area contributed by atoms with Gasteiger partial charge >= 0.3 is 0 Å². The second-order valence-corrected chi connectivity index (χ2v) is 6.10. The van der Waals surface area contributed by atoms with Crippen LogP contribution in [0.1, 0.15) is 23.3 Å². The Morgan fingerprint density at radius 1 is 1.25 bits per heavy atom. The van der Waals surface area contributed by atoms with Crippen LogP contribution < -0.4 is 0 Å². The summed E-state index contributed by atoms with van der Waals surface area (Å²) in [7, 11) is 0. The predicted molar refractivity (Wildman–Crippen MR) is 79.4 cm³/mol. The van der Waals surface area contributed by atoms with Gasteiger partial charge in [0.1, 0.15) is 0 Å². The molecule has 4 nitrogen and oxygen atoms in total. The molecule has 20 heavy (non-hydrogen) atoms. The Kier molecular flexibility index (Phi) is 4.73. The molecule has 1 unspecified atom stereocenters. The van der Waals surface area contributed by atoms with Gasteiger partial charge < -0.3 is 4.74 Å². The van der Waals surface area contributed by atoms with E-state index in [1.165, 1.54) is 23.3 Å². The first-order valence-electron chi connectivity index (χ1n) is 7.00. The van der Waals surface area contributed by atoms with Gasteiger partial charge in [-0.1, -0.05) is 0 Å². The highest BCUT2D eigenvalue weighted by Gasteiger charge is 2.19. The Labute approximate surface area is 123 Å². The summed E-state index contributed by atoms with van der Waals surface area (Å²) in [5, 5.41) is 0. The van der Waals surface area contributed by atoms with Crippen LogP contribution in [0.2, 0.25) is 0 Å². The van der Waals surface area contributed by atoms with Gasteiger partial charge in [-0.05, 0) is 30.5 Å². The van der Waals surface area contributed by atoms with E-state index in [-0.39, 0.29) is 0 Å². The van der Waals surface area contributed by atoms with Gasteiger partial charge in [-0.25, -0.2) is 0 Å². The summed E-state index contributed by atoms with van der Waals surface area (Å²) >= 11 is 1.71. The number of rotatable bonds is 6. The van der Waals surface area contributed by atoms with Crippen molar-refractivity contribution < 1.29 is 4.74 Å². The largest absolute Gasteiger partial charge is 0.377 e. The molecule has 1 aliphatic rings. The number of pyridine rings is 1. The lowest BCUT2D eigenvalue weighted by Gasteiger charge is -2.24. The van der Waals surface area contributed by atoms with Gasteiger partial charge in [-0.3, -0.25) is 14.9 Å². The summed E-state index contributed by atoms with van der Waals surface area (Å²) in [5.74, 6) is 0. The SMILES string of the molecule is c1cc(CN(Cc2cncs2)CC2CCCO2)ccn1. The Hall–Kier alpha value is -1.30. The van der Waals surface area contributed by atoms with Crippen molar-refractivity contribution in [1.29, 1.82) is 0 Å². The van der Waals surface area contributed by atoms with Gasteiger partial charge in [0.15, 0.2) is 0 Å². The van der Waals surface area contributed by atoms with E-state index in [2.05, 4.69) is 27.0 Å². The van der Waals surface area contributed by atoms with Crippen LogP contribution in [0, 0.1) is 0 Å². The summed E-state index contributed by atoms with van der Waals surface area (Å²) in [6.45, 7) is 3.77. The van der Waals surface area contributed by atoms with Gasteiger partial charge in [0.05, 0.1) is 11.6 Å². The number of hydrogen-bond donors (Lipinski definition) is 0. The van der Waals surface area contributed by atoms with E-state index in [4.69, 9.17) is 4.74 Å². The highest BCUT2D eigenvalue weighted by molar-refractivity contribution is 7.09. The van der Waals surface area contributed by atoms with Gasteiger partial charge in [-0.15, -0.1) is 11.3 Å². The maximum Gasteiger partial charge on any atom is 0.0794 e. The summed E-state index contributed by atoms with van der Waals surface area (Å²) < 4.78 is 5.77. The number of ether oxygens (including phenoxy) is 1. The lowest BCUT2D eigenvalue weighted by atomic mass is 10.2. The molecule has 0 N–H and O–H groups in total. The Bertz CT molecular complexity index is 497. The van der Waals surface area contributed by atoms with Crippen molar-refractivity contribution in [3.63, 3.8) is 0 Å². The van der Waals surface area contributed by atoms with Crippen LogP contribution in [0.15, 0.2) is 36.2 Å². The molecular weight excluding hydrogens is 270 g/mol. The van der Waals surface area contributed by atoms with Crippen LogP contribution in [0.3, 0.4) is 0 Å².